The number of hydrogen-bond acceptors (Lipinski definition) is 4. The molecule has 0 atom stereocenters. The summed E-state index contributed by atoms with van der Waals surface area (Å²) < 4.78 is 5.62. The van der Waals surface area contributed by atoms with Crippen molar-refractivity contribution in [2.24, 2.45) is 0 Å². The van der Waals surface area contributed by atoms with Gasteiger partial charge in [0.25, 0.3) is 0 Å². The van der Waals surface area contributed by atoms with Gasteiger partial charge >= 0.3 is 0 Å². The number of likely N-dealkylation sites (N-methyl/N-ethyl adjacent to an activating group) is 1. The average Bonchev–Trinajstić information content (AvgIpc) is 2.43. The Morgan fingerprint density at radius 2 is 1.76 bits per heavy atom. The van der Waals surface area contributed by atoms with E-state index >= 15 is 0 Å². The van der Waals surface area contributed by atoms with Gasteiger partial charge in [-0.25, -0.2) is 5.01 Å². The standard InChI is InChI=1S/C15H24N4OS/c1-12(2)20-14-6-4-13(5-7-14)16-15(21)17-19-10-8-18(3)9-11-19/h4-7,12H,8-11H2,1-3H3,(H2,16,17,21). The number of nitrogens with one attached hydrogen (secondary N) is 2. The van der Waals surface area contributed by atoms with Crippen molar-refractivity contribution in [3.63, 3.8) is 0 Å². The molecule has 0 aromatic heterocycles. The fourth-order valence-corrected chi connectivity index (χ4v) is 2.36. The summed E-state index contributed by atoms with van der Waals surface area (Å²) in [7, 11) is 2.13. The van der Waals surface area contributed by atoms with Crippen LogP contribution in [0.1, 0.15) is 13.8 Å². The van der Waals surface area contributed by atoms with Crippen molar-refractivity contribution in [2.75, 3.05) is 38.5 Å². The Labute approximate surface area is 132 Å². The zero-order valence-corrected chi connectivity index (χ0v) is 13.7. The summed E-state index contributed by atoms with van der Waals surface area (Å²) >= 11 is 5.34. The lowest BCUT2D eigenvalue weighted by Gasteiger charge is -2.33. The fraction of sp³-hybridized carbons (Fsp3) is 0.533. The van der Waals surface area contributed by atoms with Gasteiger partial charge < -0.3 is 15.0 Å². The van der Waals surface area contributed by atoms with Crippen molar-refractivity contribution in [1.29, 1.82) is 0 Å². The summed E-state index contributed by atoms with van der Waals surface area (Å²) in [6.07, 6.45) is 0.184. The summed E-state index contributed by atoms with van der Waals surface area (Å²) in [4.78, 5) is 2.31. The lowest BCUT2D eigenvalue weighted by molar-refractivity contribution is 0.131. The smallest absolute Gasteiger partial charge is 0.185 e. The van der Waals surface area contributed by atoms with Crippen LogP contribution in [0.4, 0.5) is 5.69 Å². The van der Waals surface area contributed by atoms with Crippen LogP contribution < -0.4 is 15.5 Å². The fourth-order valence-electron chi connectivity index (χ4n) is 2.11. The third-order valence-corrected chi connectivity index (χ3v) is 3.44. The highest BCUT2D eigenvalue weighted by atomic mass is 32.1. The molecule has 1 heterocycles. The molecule has 5 nitrogen and oxygen atoms in total. The molecule has 0 amide bonds. The maximum absolute atomic E-state index is 5.62. The molecule has 0 aliphatic carbocycles. The summed E-state index contributed by atoms with van der Waals surface area (Å²) in [5, 5.41) is 5.96. The first-order chi connectivity index (χ1) is 10.0. The normalized spacial score (nSPS) is 16.8. The van der Waals surface area contributed by atoms with Crippen LogP contribution in [0.25, 0.3) is 0 Å². The predicted octanol–water partition coefficient (Wildman–Crippen LogP) is 1.92. The SMILES string of the molecule is CC(C)Oc1ccc(NC(=S)NN2CCN(C)CC2)cc1. The van der Waals surface area contributed by atoms with Gasteiger partial charge in [0, 0.05) is 31.9 Å². The van der Waals surface area contributed by atoms with Gasteiger partial charge in [-0.15, -0.1) is 0 Å². The van der Waals surface area contributed by atoms with Crippen LogP contribution in [-0.4, -0.2) is 54.4 Å². The van der Waals surface area contributed by atoms with Gasteiger partial charge in [-0.05, 0) is 57.4 Å². The number of benzene rings is 1. The van der Waals surface area contributed by atoms with E-state index in [2.05, 4.69) is 27.7 Å². The Hall–Kier alpha value is -1.37. The third-order valence-electron chi connectivity index (χ3n) is 3.25. The van der Waals surface area contributed by atoms with E-state index in [4.69, 9.17) is 17.0 Å². The first-order valence-corrected chi connectivity index (χ1v) is 7.71. The molecule has 2 rings (SSSR count). The van der Waals surface area contributed by atoms with Gasteiger partial charge in [0.05, 0.1) is 6.10 Å². The number of rotatable bonds is 4. The number of hydrogen-bond donors (Lipinski definition) is 2. The highest BCUT2D eigenvalue weighted by Crippen LogP contribution is 2.16. The molecule has 0 radical (unpaired) electrons. The Morgan fingerprint density at radius 3 is 2.33 bits per heavy atom. The molecule has 1 aliphatic heterocycles. The zero-order chi connectivity index (χ0) is 15.2. The highest BCUT2D eigenvalue weighted by molar-refractivity contribution is 7.80. The van der Waals surface area contributed by atoms with Gasteiger partial charge in [-0.3, -0.25) is 5.43 Å². The topological polar surface area (TPSA) is 39.8 Å². The molecule has 0 saturated carbocycles. The van der Waals surface area contributed by atoms with Crippen LogP contribution in [0.2, 0.25) is 0 Å². The quantitative estimate of drug-likeness (QED) is 0.828. The number of hydrazine groups is 1. The molecule has 2 N–H and O–H groups in total. The largest absolute Gasteiger partial charge is 0.491 e. The average molecular weight is 308 g/mol. The van der Waals surface area contributed by atoms with E-state index in [9.17, 15) is 0 Å². The molecule has 1 fully saturated rings. The summed E-state index contributed by atoms with van der Waals surface area (Å²) in [6, 6.07) is 7.83. The Balaban J connectivity index is 1.79. The maximum atomic E-state index is 5.62. The lowest BCUT2D eigenvalue weighted by Crippen LogP contribution is -2.53. The number of anilines is 1. The Morgan fingerprint density at radius 1 is 1.14 bits per heavy atom. The second-order valence-electron chi connectivity index (χ2n) is 5.55. The molecule has 1 aromatic carbocycles. The van der Waals surface area contributed by atoms with Crippen LogP contribution >= 0.6 is 12.2 Å². The molecule has 1 aliphatic rings. The minimum Gasteiger partial charge on any atom is -0.491 e. The van der Waals surface area contributed by atoms with E-state index in [1.807, 2.05) is 38.1 Å². The molecule has 21 heavy (non-hydrogen) atoms. The van der Waals surface area contributed by atoms with E-state index in [0.29, 0.717) is 5.11 Å². The summed E-state index contributed by atoms with van der Waals surface area (Å²) in [5.74, 6) is 0.869. The van der Waals surface area contributed by atoms with Crippen molar-refractivity contribution in [3.05, 3.63) is 24.3 Å². The molecule has 116 valence electrons. The Kier molecular flexibility index (Phi) is 5.78. The molecule has 0 unspecified atom stereocenters. The minimum absolute atomic E-state index is 0.184. The van der Waals surface area contributed by atoms with Gasteiger partial charge in [-0.1, -0.05) is 0 Å². The van der Waals surface area contributed by atoms with Crippen LogP contribution in [0.15, 0.2) is 24.3 Å². The summed E-state index contributed by atoms with van der Waals surface area (Å²) in [5.41, 5.74) is 4.19. The van der Waals surface area contributed by atoms with E-state index < -0.39 is 0 Å². The third kappa shape index (κ3) is 5.49. The van der Waals surface area contributed by atoms with E-state index in [-0.39, 0.29) is 6.10 Å². The maximum Gasteiger partial charge on any atom is 0.185 e. The number of ether oxygens (including phenoxy) is 1. The predicted molar refractivity (Wildman–Crippen MR) is 90.6 cm³/mol. The van der Waals surface area contributed by atoms with Crippen molar-refractivity contribution in [2.45, 2.75) is 20.0 Å². The first kappa shape index (κ1) is 16.0. The first-order valence-electron chi connectivity index (χ1n) is 7.31. The van der Waals surface area contributed by atoms with Crippen molar-refractivity contribution in [3.8, 4) is 5.75 Å². The van der Waals surface area contributed by atoms with Crippen LogP contribution in [-0.2, 0) is 0 Å². The lowest BCUT2D eigenvalue weighted by atomic mass is 10.3. The molecule has 0 spiro atoms. The minimum atomic E-state index is 0.184. The number of thiocarbonyl (C=S) groups is 1. The molecular weight excluding hydrogens is 284 g/mol. The summed E-state index contributed by atoms with van der Waals surface area (Å²) in [6.45, 7) is 8.08. The van der Waals surface area contributed by atoms with Gasteiger partial charge in [0.1, 0.15) is 5.75 Å². The van der Waals surface area contributed by atoms with Gasteiger partial charge in [0.15, 0.2) is 5.11 Å². The molecule has 6 heteroatoms. The van der Waals surface area contributed by atoms with E-state index in [1.54, 1.807) is 0 Å². The molecule has 1 aromatic rings. The van der Waals surface area contributed by atoms with E-state index in [1.165, 1.54) is 0 Å². The van der Waals surface area contributed by atoms with E-state index in [0.717, 1.165) is 37.6 Å². The second-order valence-corrected chi connectivity index (χ2v) is 5.96. The molecule has 0 bridgehead atoms. The number of piperazine rings is 1. The van der Waals surface area contributed by atoms with Crippen LogP contribution in [0, 0.1) is 0 Å². The molecular formula is C15H24N4OS. The van der Waals surface area contributed by atoms with Crippen LogP contribution in [0.3, 0.4) is 0 Å². The number of nitrogens with zero attached hydrogens (tertiary/aromatic N) is 2. The highest BCUT2D eigenvalue weighted by Gasteiger charge is 2.14. The second kappa shape index (κ2) is 7.59. The zero-order valence-electron chi connectivity index (χ0n) is 12.9. The van der Waals surface area contributed by atoms with Crippen molar-refractivity contribution < 1.29 is 4.74 Å². The van der Waals surface area contributed by atoms with Gasteiger partial charge in [0.2, 0.25) is 0 Å². The van der Waals surface area contributed by atoms with Gasteiger partial charge in [-0.2, -0.15) is 0 Å². The monoisotopic (exact) mass is 308 g/mol. The molecule has 1 saturated heterocycles. The van der Waals surface area contributed by atoms with Crippen molar-refractivity contribution in [1.82, 2.24) is 15.3 Å². The van der Waals surface area contributed by atoms with Crippen LogP contribution in [0.5, 0.6) is 5.75 Å². The van der Waals surface area contributed by atoms with Crippen molar-refractivity contribution >= 4 is 23.0 Å². The Bertz CT molecular complexity index is 455.